The zero-order valence-corrected chi connectivity index (χ0v) is 10.9. The summed E-state index contributed by atoms with van der Waals surface area (Å²) in [7, 11) is 0. The molecule has 100 valence electrons. The molecule has 0 saturated carbocycles. The monoisotopic (exact) mass is 259 g/mol. The summed E-state index contributed by atoms with van der Waals surface area (Å²) in [5.74, 6) is 0.0606. The maximum absolute atomic E-state index is 13.0. The Balaban J connectivity index is 1.84. The number of benzene rings is 2. The Morgan fingerprint density at radius 3 is 2.58 bits per heavy atom. The van der Waals surface area contributed by atoms with Gasteiger partial charge in [-0.1, -0.05) is 18.2 Å². The molecule has 2 nitrogen and oxygen atoms in total. The van der Waals surface area contributed by atoms with Gasteiger partial charge in [0.25, 0.3) is 0 Å². The smallest absolute Gasteiger partial charge is 0.125 e. The van der Waals surface area contributed by atoms with Crippen LogP contribution >= 0.6 is 0 Å². The van der Waals surface area contributed by atoms with E-state index in [4.69, 9.17) is 0 Å². The Kier molecular flexibility index (Phi) is 4.39. The van der Waals surface area contributed by atoms with Crippen molar-refractivity contribution in [2.75, 3.05) is 5.32 Å². The Labute approximate surface area is 112 Å². The fourth-order valence-corrected chi connectivity index (χ4v) is 1.98. The highest BCUT2D eigenvalue weighted by atomic mass is 19.1. The molecule has 0 amide bonds. The molecule has 0 saturated heterocycles. The van der Waals surface area contributed by atoms with Crippen LogP contribution in [0.3, 0.4) is 0 Å². The van der Waals surface area contributed by atoms with Crippen LogP contribution in [-0.2, 0) is 6.42 Å². The second kappa shape index (κ2) is 6.23. The van der Waals surface area contributed by atoms with E-state index in [2.05, 4.69) is 12.2 Å². The lowest BCUT2D eigenvalue weighted by molar-refractivity contribution is 0.475. The number of phenolic OH excluding ortho intramolecular Hbond substituents is 1. The van der Waals surface area contributed by atoms with E-state index in [9.17, 15) is 9.50 Å². The van der Waals surface area contributed by atoms with Gasteiger partial charge in [0, 0.05) is 11.7 Å². The highest BCUT2D eigenvalue weighted by Gasteiger charge is 2.03. The number of anilines is 1. The fraction of sp³-hybridized carbons (Fsp3) is 0.250. The van der Waals surface area contributed by atoms with E-state index in [0.717, 1.165) is 18.5 Å². The highest BCUT2D eigenvalue weighted by molar-refractivity contribution is 5.43. The molecule has 0 radical (unpaired) electrons. The number of nitrogens with one attached hydrogen (secondary N) is 1. The standard InChI is InChI=1S/C16H18FNO/c1-12(18-15-4-2-3-14(17)11-15)5-6-13-7-9-16(19)10-8-13/h2-4,7-12,18-19H,5-6H2,1H3. The minimum atomic E-state index is -0.226. The van der Waals surface area contributed by atoms with E-state index in [1.54, 1.807) is 18.2 Å². The van der Waals surface area contributed by atoms with Crippen LogP contribution in [0.1, 0.15) is 18.9 Å². The molecule has 1 atom stereocenters. The average Bonchev–Trinajstić information content (AvgIpc) is 2.38. The van der Waals surface area contributed by atoms with Crippen molar-refractivity contribution in [1.29, 1.82) is 0 Å². The van der Waals surface area contributed by atoms with Gasteiger partial charge in [0.2, 0.25) is 0 Å². The van der Waals surface area contributed by atoms with Gasteiger partial charge in [0.15, 0.2) is 0 Å². The summed E-state index contributed by atoms with van der Waals surface area (Å²) < 4.78 is 13.0. The van der Waals surface area contributed by atoms with E-state index < -0.39 is 0 Å². The largest absolute Gasteiger partial charge is 0.508 e. The maximum atomic E-state index is 13.0. The first-order valence-corrected chi connectivity index (χ1v) is 6.43. The lowest BCUT2D eigenvalue weighted by Crippen LogP contribution is -2.16. The van der Waals surface area contributed by atoms with Crippen molar-refractivity contribution in [3.8, 4) is 5.75 Å². The molecule has 19 heavy (non-hydrogen) atoms. The molecule has 1 unspecified atom stereocenters. The van der Waals surface area contributed by atoms with Crippen molar-refractivity contribution >= 4 is 5.69 Å². The van der Waals surface area contributed by atoms with E-state index in [1.165, 1.54) is 17.7 Å². The van der Waals surface area contributed by atoms with E-state index in [1.807, 2.05) is 18.2 Å². The molecule has 0 fully saturated rings. The van der Waals surface area contributed by atoms with Gasteiger partial charge < -0.3 is 10.4 Å². The summed E-state index contributed by atoms with van der Waals surface area (Å²) in [6, 6.07) is 14.0. The van der Waals surface area contributed by atoms with Crippen molar-refractivity contribution < 1.29 is 9.50 Å². The summed E-state index contributed by atoms with van der Waals surface area (Å²) in [6.07, 6.45) is 1.87. The van der Waals surface area contributed by atoms with Gasteiger partial charge in [-0.15, -0.1) is 0 Å². The summed E-state index contributed by atoms with van der Waals surface area (Å²) in [5, 5.41) is 12.5. The van der Waals surface area contributed by atoms with Crippen LogP contribution in [0, 0.1) is 5.82 Å². The normalized spacial score (nSPS) is 12.1. The zero-order chi connectivity index (χ0) is 13.7. The zero-order valence-electron chi connectivity index (χ0n) is 10.9. The van der Waals surface area contributed by atoms with Crippen molar-refractivity contribution in [2.45, 2.75) is 25.8 Å². The highest BCUT2D eigenvalue weighted by Crippen LogP contribution is 2.15. The molecule has 0 aromatic heterocycles. The molecule has 0 aliphatic rings. The quantitative estimate of drug-likeness (QED) is 0.851. The summed E-state index contributed by atoms with van der Waals surface area (Å²) in [6.45, 7) is 2.07. The fourth-order valence-electron chi connectivity index (χ4n) is 1.98. The summed E-state index contributed by atoms with van der Waals surface area (Å²) >= 11 is 0. The Morgan fingerprint density at radius 2 is 1.89 bits per heavy atom. The minimum absolute atomic E-state index is 0.226. The SMILES string of the molecule is CC(CCc1ccc(O)cc1)Nc1cccc(F)c1. The predicted octanol–water partition coefficient (Wildman–Crippen LogP) is 3.96. The summed E-state index contributed by atoms with van der Waals surface area (Å²) in [4.78, 5) is 0. The number of aromatic hydroxyl groups is 1. The molecule has 0 aliphatic heterocycles. The second-order valence-corrected chi connectivity index (χ2v) is 4.76. The first-order chi connectivity index (χ1) is 9.13. The van der Waals surface area contributed by atoms with Crippen molar-refractivity contribution in [3.63, 3.8) is 0 Å². The van der Waals surface area contributed by atoms with Crippen LogP contribution in [0.5, 0.6) is 5.75 Å². The predicted molar refractivity (Wildman–Crippen MR) is 75.9 cm³/mol. The van der Waals surface area contributed by atoms with Gasteiger partial charge in [0.1, 0.15) is 11.6 Å². The van der Waals surface area contributed by atoms with Gasteiger partial charge in [0.05, 0.1) is 0 Å². The van der Waals surface area contributed by atoms with Gasteiger partial charge in [-0.25, -0.2) is 4.39 Å². The summed E-state index contributed by atoms with van der Waals surface area (Å²) in [5.41, 5.74) is 1.99. The van der Waals surface area contributed by atoms with Crippen LogP contribution in [0.4, 0.5) is 10.1 Å². The van der Waals surface area contributed by atoms with Gasteiger partial charge >= 0.3 is 0 Å². The van der Waals surface area contributed by atoms with Crippen molar-refractivity contribution in [2.24, 2.45) is 0 Å². The second-order valence-electron chi connectivity index (χ2n) is 4.76. The number of aryl methyl sites for hydroxylation is 1. The topological polar surface area (TPSA) is 32.3 Å². The molecule has 0 bridgehead atoms. The Morgan fingerprint density at radius 1 is 1.16 bits per heavy atom. The molecule has 0 spiro atoms. The molecular weight excluding hydrogens is 241 g/mol. The third-order valence-corrected chi connectivity index (χ3v) is 3.04. The number of rotatable bonds is 5. The number of phenols is 1. The van der Waals surface area contributed by atoms with Crippen molar-refractivity contribution in [3.05, 3.63) is 59.9 Å². The first kappa shape index (κ1) is 13.4. The van der Waals surface area contributed by atoms with Gasteiger partial charge in [-0.3, -0.25) is 0 Å². The van der Waals surface area contributed by atoms with Gasteiger partial charge in [-0.2, -0.15) is 0 Å². The van der Waals surface area contributed by atoms with Crippen LogP contribution in [0.25, 0.3) is 0 Å². The lowest BCUT2D eigenvalue weighted by atomic mass is 10.1. The lowest BCUT2D eigenvalue weighted by Gasteiger charge is -2.15. The number of hydrogen-bond donors (Lipinski definition) is 2. The third-order valence-electron chi connectivity index (χ3n) is 3.04. The van der Waals surface area contributed by atoms with Crippen LogP contribution in [0.2, 0.25) is 0 Å². The van der Waals surface area contributed by atoms with E-state index in [0.29, 0.717) is 0 Å². The van der Waals surface area contributed by atoms with Crippen LogP contribution in [0.15, 0.2) is 48.5 Å². The Hall–Kier alpha value is -2.03. The van der Waals surface area contributed by atoms with Crippen molar-refractivity contribution in [1.82, 2.24) is 0 Å². The number of halogens is 1. The molecule has 2 N–H and O–H groups in total. The minimum Gasteiger partial charge on any atom is -0.508 e. The molecule has 0 aliphatic carbocycles. The Bertz CT molecular complexity index is 525. The number of hydrogen-bond acceptors (Lipinski definition) is 2. The molecule has 3 heteroatoms. The third kappa shape index (κ3) is 4.28. The van der Waals surface area contributed by atoms with Crippen LogP contribution in [-0.4, -0.2) is 11.1 Å². The average molecular weight is 259 g/mol. The van der Waals surface area contributed by atoms with Gasteiger partial charge in [-0.05, 0) is 55.7 Å². The molecule has 2 aromatic carbocycles. The molecule has 2 rings (SSSR count). The van der Waals surface area contributed by atoms with E-state index in [-0.39, 0.29) is 17.6 Å². The van der Waals surface area contributed by atoms with E-state index >= 15 is 0 Å². The first-order valence-electron chi connectivity index (χ1n) is 6.43. The molecular formula is C16H18FNO. The van der Waals surface area contributed by atoms with Crippen LogP contribution < -0.4 is 5.32 Å². The molecule has 0 heterocycles. The molecule has 2 aromatic rings. The maximum Gasteiger partial charge on any atom is 0.125 e.